The monoisotopic (exact) mass is 1260 g/mol. The highest BCUT2D eigenvalue weighted by Crippen LogP contribution is 2.27. The van der Waals surface area contributed by atoms with Crippen molar-refractivity contribution in [1.29, 1.82) is 0 Å². The lowest BCUT2D eigenvalue weighted by Crippen LogP contribution is -2.61. The van der Waals surface area contributed by atoms with Gasteiger partial charge in [0.1, 0.15) is 24.4 Å². The van der Waals surface area contributed by atoms with Crippen LogP contribution in [0.15, 0.2) is 48.6 Å². The van der Waals surface area contributed by atoms with Gasteiger partial charge in [0.2, 0.25) is 5.91 Å². The van der Waals surface area contributed by atoms with E-state index >= 15 is 0 Å². The van der Waals surface area contributed by atoms with Crippen LogP contribution in [-0.4, -0.2) is 99.6 Å². The fraction of sp³-hybridized carbons (Fsp3) is 0.872. The van der Waals surface area contributed by atoms with Gasteiger partial charge in [0.15, 0.2) is 12.4 Å². The van der Waals surface area contributed by atoms with Crippen molar-refractivity contribution in [2.45, 2.75) is 423 Å². The first-order valence-electron chi connectivity index (χ1n) is 38.4. The van der Waals surface area contributed by atoms with Crippen LogP contribution < -0.4 is 5.32 Å². The molecule has 1 aliphatic heterocycles. The molecule has 522 valence electrons. The normalized spacial score (nSPS) is 18.3. The van der Waals surface area contributed by atoms with Gasteiger partial charge in [-0.3, -0.25) is 9.59 Å². The lowest BCUT2D eigenvalue weighted by molar-refractivity contribution is -0.305. The zero-order valence-electron chi connectivity index (χ0n) is 58.3. The molecule has 1 saturated heterocycles. The van der Waals surface area contributed by atoms with Gasteiger partial charge in [-0.25, -0.2) is 0 Å². The number of ether oxygens (including phenoxy) is 3. The van der Waals surface area contributed by atoms with Crippen molar-refractivity contribution in [2.24, 2.45) is 0 Å². The Kier molecular flexibility index (Phi) is 62.4. The molecule has 89 heavy (non-hydrogen) atoms. The summed E-state index contributed by atoms with van der Waals surface area (Å²) >= 11 is 0. The van der Waals surface area contributed by atoms with Gasteiger partial charge in [-0.15, -0.1) is 0 Å². The lowest BCUT2D eigenvalue weighted by Gasteiger charge is -2.41. The largest absolute Gasteiger partial charge is 0.454 e. The van der Waals surface area contributed by atoms with Crippen molar-refractivity contribution in [3.05, 3.63) is 48.6 Å². The topological polar surface area (TPSA) is 175 Å². The molecule has 11 heteroatoms. The molecular formula is C78H145NO10. The number of aliphatic hydroxyl groups excluding tert-OH is 5. The Morgan fingerprint density at radius 2 is 0.775 bits per heavy atom. The molecule has 1 heterocycles. The average Bonchev–Trinajstić information content (AvgIpc) is 3.71. The number of hydrogen-bond donors (Lipinski definition) is 6. The van der Waals surface area contributed by atoms with Crippen molar-refractivity contribution in [3.63, 3.8) is 0 Å². The summed E-state index contributed by atoms with van der Waals surface area (Å²) in [6.07, 6.45) is 73.1. The molecule has 8 unspecified atom stereocenters. The van der Waals surface area contributed by atoms with E-state index in [1.54, 1.807) is 6.08 Å². The molecule has 0 radical (unpaired) electrons. The van der Waals surface area contributed by atoms with Crippen molar-refractivity contribution in [2.75, 3.05) is 13.2 Å². The Morgan fingerprint density at radius 3 is 1.18 bits per heavy atom. The number of nitrogens with one attached hydrogen (secondary N) is 1. The molecule has 0 aromatic carbocycles. The van der Waals surface area contributed by atoms with Gasteiger partial charge in [0.25, 0.3) is 0 Å². The SMILES string of the molecule is CCCCC/C=C\C/C=C\CCCCCCCCCCCCCCCCCC(=O)OC1C(OCC(NC(=O)C(O)CCCCCCCCCCCCCCCC/C=C/CCCCCCCC)C(O)/C=C/CCCCCCCCCCC)OC(CO)C(O)C1O. The molecular weight excluding hydrogens is 1110 g/mol. The Bertz CT molecular complexity index is 1640. The lowest BCUT2D eigenvalue weighted by atomic mass is 9.99. The first kappa shape index (κ1) is 84.6. The summed E-state index contributed by atoms with van der Waals surface area (Å²) in [6, 6.07) is -1.02. The summed E-state index contributed by atoms with van der Waals surface area (Å²) in [5.74, 6) is -1.18. The maximum absolute atomic E-state index is 13.5. The van der Waals surface area contributed by atoms with Crippen LogP contribution in [0.25, 0.3) is 0 Å². The summed E-state index contributed by atoms with van der Waals surface area (Å²) < 4.78 is 17.7. The number of rotatable bonds is 67. The molecule has 6 N–H and O–H groups in total. The first-order valence-corrected chi connectivity index (χ1v) is 38.4. The third-order valence-electron chi connectivity index (χ3n) is 18.2. The molecule has 11 nitrogen and oxygen atoms in total. The molecule has 0 saturated carbocycles. The van der Waals surface area contributed by atoms with Crippen LogP contribution in [0, 0.1) is 0 Å². The minimum atomic E-state index is -1.61. The van der Waals surface area contributed by atoms with Gasteiger partial charge < -0.3 is 45.1 Å². The number of carbonyl (C=O) groups is 2. The van der Waals surface area contributed by atoms with E-state index in [1.807, 2.05) is 6.08 Å². The summed E-state index contributed by atoms with van der Waals surface area (Å²) in [5.41, 5.74) is 0. The molecule has 1 fully saturated rings. The predicted molar refractivity (Wildman–Crippen MR) is 375 cm³/mol. The molecule has 1 aliphatic rings. The van der Waals surface area contributed by atoms with Crippen LogP contribution in [0.2, 0.25) is 0 Å². The Hall–Kier alpha value is -2.38. The zero-order chi connectivity index (χ0) is 64.6. The third kappa shape index (κ3) is 52.7. The highest BCUT2D eigenvalue weighted by Gasteiger charge is 2.47. The molecule has 0 bridgehead atoms. The molecule has 0 aromatic heterocycles. The number of aliphatic hydroxyl groups is 5. The van der Waals surface area contributed by atoms with E-state index in [4.69, 9.17) is 14.2 Å². The van der Waals surface area contributed by atoms with E-state index in [0.29, 0.717) is 19.3 Å². The fourth-order valence-electron chi connectivity index (χ4n) is 12.2. The Labute approximate surface area is 548 Å². The minimum absolute atomic E-state index is 0.126. The van der Waals surface area contributed by atoms with Crippen LogP contribution in [0.3, 0.4) is 0 Å². The van der Waals surface area contributed by atoms with Crippen molar-refractivity contribution >= 4 is 11.9 Å². The zero-order valence-corrected chi connectivity index (χ0v) is 58.3. The Morgan fingerprint density at radius 1 is 0.438 bits per heavy atom. The smallest absolute Gasteiger partial charge is 0.306 e. The molecule has 0 spiro atoms. The highest BCUT2D eigenvalue weighted by atomic mass is 16.7. The van der Waals surface area contributed by atoms with E-state index < -0.39 is 67.4 Å². The van der Waals surface area contributed by atoms with E-state index in [-0.39, 0.29) is 13.0 Å². The van der Waals surface area contributed by atoms with E-state index in [9.17, 15) is 35.1 Å². The van der Waals surface area contributed by atoms with Crippen molar-refractivity contribution in [3.8, 4) is 0 Å². The summed E-state index contributed by atoms with van der Waals surface area (Å²) in [5, 5.41) is 57.3. The molecule has 0 aromatic rings. The summed E-state index contributed by atoms with van der Waals surface area (Å²) in [6.45, 7) is 5.82. The first-order chi connectivity index (χ1) is 43.7. The molecule has 0 aliphatic carbocycles. The third-order valence-corrected chi connectivity index (χ3v) is 18.2. The number of carbonyl (C=O) groups excluding carboxylic acids is 2. The van der Waals surface area contributed by atoms with E-state index in [1.165, 1.54) is 263 Å². The van der Waals surface area contributed by atoms with Crippen molar-refractivity contribution < 1.29 is 49.3 Å². The maximum atomic E-state index is 13.5. The number of allylic oxidation sites excluding steroid dienone is 7. The highest BCUT2D eigenvalue weighted by molar-refractivity contribution is 5.80. The van der Waals surface area contributed by atoms with E-state index in [2.05, 4.69) is 62.5 Å². The van der Waals surface area contributed by atoms with Gasteiger partial charge in [-0.05, 0) is 83.5 Å². The number of hydrogen-bond acceptors (Lipinski definition) is 10. The second-order valence-corrected chi connectivity index (χ2v) is 26.7. The predicted octanol–water partition coefficient (Wildman–Crippen LogP) is 20.3. The summed E-state index contributed by atoms with van der Waals surface area (Å²) in [7, 11) is 0. The second kappa shape index (κ2) is 65.7. The maximum Gasteiger partial charge on any atom is 0.306 e. The molecule has 1 rings (SSSR count). The van der Waals surface area contributed by atoms with Gasteiger partial charge >= 0.3 is 5.97 Å². The van der Waals surface area contributed by atoms with Gasteiger partial charge in [0.05, 0.1) is 25.4 Å². The number of amides is 1. The van der Waals surface area contributed by atoms with Gasteiger partial charge in [-0.1, -0.05) is 333 Å². The molecule has 8 atom stereocenters. The van der Waals surface area contributed by atoms with Crippen LogP contribution in [-0.2, 0) is 23.8 Å². The number of esters is 1. The molecule has 1 amide bonds. The second-order valence-electron chi connectivity index (χ2n) is 26.7. The minimum Gasteiger partial charge on any atom is -0.454 e. The average molecular weight is 1260 g/mol. The Balaban J connectivity index is 2.49. The number of unbranched alkanes of at least 4 members (excludes halogenated alkanes) is 47. The van der Waals surface area contributed by atoms with Gasteiger partial charge in [-0.2, -0.15) is 0 Å². The van der Waals surface area contributed by atoms with Crippen LogP contribution in [0.5, 0.6) is 0 Å². The van der Waals surface area contributed by atoms with Crippen LogP contribution in [0.4, 0.5) is 0 Å². The standard InChI is InChI=1S/C78H145NO10/c1-4-7-10-13-16-19-22-24-26-28-30-32-34-36-38-40-42-44-46-48-51-54-57-60-63-66-73(83)89-76-75(85)74(84)72(67-80)88-78(76)87-68-69(70(81)64-61-58-55-52-49-21-18-15-12-9-6-3)79-77(86)71(82)65-62-59-56-53-50-47-45-43-41-39-37-35-33-31-29-27-25-23-20-17-14-11-8-5-2/h16,19,24-27,61,64,69-72,74-76,78,80-82,84-85H,4-15,17-18,20-23,28-60,62-63,65-68H2,1-3H3,(H,79,86)/b19-16-,26-24-,27-25+,64-61+. The quantitative estimate of drug-likeness (QED) is 0.0195. The van der Waals surface area contributed by atoms with Crippen LogP contribution >= 0.6 is 0 Å². The van der Waals surface area contributed by atoms with Crippen molar-refractivity contribution in [1.82, 2.24) is 5.32 Å². The fourth-order valence-corrected chi connectivity index (χ4v) is 12.2. The van der Waals surface area contributed by atoms with Crippen LogP contribution in [0.1, 0.15) is 374 Å². The van der Waals surface area contributed by atoms with Gasteiger partial charge in [0, 0.05) is 6.42 Å². The summed E-state index contributed by atoms with van der Waals surface area (Å²) in [4.78, 5) is 26.7. The van der Waals surface area contributed by atoms with E-state index in [0.717, 1.165) is 64.2 Å².